The van der Waals surface area contributed by atoms with Crippen LogP contribution in [0.5, 0.6) is 5.75 Å². The molecule has 0 aliphatic rings. The molecule has 0 heterocycles. The quantitative estimate of drug-likeness (QED) is 0.735. The van der Waals surface area contributed by atoms with Gasteiger partial charge in [0.15, 0.2) is 0 Å². The highest BCUT2D eigenvalue weighted by Crippen LogP contribution is 2.33. The maximum absolute atomic E-state index is 6.34. The van der Waals surface area contributed by atoms with Crippen LogP contribution in [0.2, 0.25) is 5.02 Å². The Bertz CT molecular complexity index is 404. The zero-order valence-corrected chi connectivity index (χ0v) is 13.4. The van der Waals surface area contributed by atoms with Crippen LogP contribution in [-0.4, -0.2) is 12.4 Å². The highest BCUT2D eigenvalue weighted by Gasteiger charge is 2.15. The van der Waals surface area contributed by atoms with Gasteiger partial charge in [0.05, 0.1) is 6.61 Å². The summed E-state index contributed by atoms with van der Waals surface area (Å²) in [5.41, 5.74) is 3.47. The van der Waals surface area contributed by atoms with Crippen LogP contribution in [0.25, 0.3) is 0 Å². The van der Waals surface area contributed by atoms with Gasteiger partial charge in [-0.15, -0.1) is 0 Å². The molecule has 1 nitrogen and oxygen atoms in total. The lowest BCUT2D eigenvalue weighted by molar-refractivity contribution is 0.312. The van der Waals surface area contributed by atoms with Gasteiger partial charge in [-0.3, -0.25) is 0 Å². The van der Waals surface area contributed by atoms with Gasteiger partial charge in [0.1, 0.15) is 5.75 Å². The Morgan fingerprint density at radius 2 is 2.06 bits per heavy atom. The maximum Gasteiger partial charge on any atom is 0.123 e. The van der Waals surface area contributed by atoms with E-state index in [1.807, 2.05) is 6.92 Å². The van der Waals surface area contributed by atoms with Crippen LogP contribution in [0, 0.1) is 19.8 Å². The van der Waals surface area contributed by atoms with E-state index < -0.39 is 0 Å². The van der Waals surface area contributed by atoms with Crippen molar-refractivity contribution in [3.8, 4) is 5.75 Å². The topological polar surface area (TPSA) is 9.23 Å². The Hall–Kier alpha value is -0.340. The van der Waals surface area contributed by atoms with Gasteiger partial charge in [-0.05, 0) is 61.1 Å². The van der Waals surface area contributed by atoms with Crippen LogP contribution in [0.15, 0.2) is 6.07 Å². The Balaban J connectivity index is 3.12. The van der Waals surface area contributed by atoms with Crippen molar-refractivity contribution >= 4 is 24.2 Å². The molecule has 0 spiro atoms. The molecule has 0 bridgehead atoms. The molecule has 1 aromatic rings. The van der Waals surface area contributed by atoms with Gasteiger partial charge in [0, 0.05) is 5.02 Å². The standard InChI is InChI=1S/C15H23ClOS/c1-5-6-17-14-8-11(3)15(16)12(4)13(14)7-10(2)9-18/h8,10,18H,5-7,9H2,1-4H3. The molecule has 0 aliphatic carbocycles. The molecule has 18 heavy (non-hydrogen) atoms. The number of hydrogen-bond donors (Lipinski definition) is 1. The second kappa shape index (κ2) is 7.30. The first-order valence-corrected chi connectivity index (χ1v) is 7.54. The molecule has 102 valence electrons. The zero-order valence-electron chi connectivity index (χ0n) is 11.7. The highest BCUT2D eigenvalue weighted by molar-refractivity contribution is 7.80. The number of benzene rings is 1. The van der Waals surface area contributed by atoms with E-state index in [0.717, 1.165) is 47.1 Å². The van der Waals surface area contributed by atoms with Crippen molar-refractivity contribution in [2.24, 2.45) is 5.92 Å². The number of hydrogen-bond acceptors (Lipinski definition) is 2. The molecule has 1 aromatic carbocycles. The summed E-state index contributed by atoms with van der Waals surface area (Å²) < 4.78 is 5.86. The van der Waals surface area contributed by atoms with Crippen LogP contribution in [0.4, 0.5) is 0 Å². The lowest BCUT2D eigenvalue weighted by Gasteiger charge is -2.18. The van der Waals surface area contributed by atoms with Crippen LogP contribution in [-0.2, 0) is 6.42 Å². The van der Waals surface area contributed by atoms with E-state index in [1.54, 1.807) is 0 Å². The summed E-state index contributed by atoms with van der Waals surface area (Å²) >= 11 is 10.7. The van der Waals surface area contributed by atoms with Crippen molar-refractivity contribution in [2.75, 3.05) is 12.4 Å². The zero-order chi connectivity index (χ0) is 13.7. The van der Waals surface area contributed by atoms with Gasteiger partial charge in [-0.25, -0.2) is 0 Å². The van der Waals surface area contributed by atoms with Gasteiger partial charge in [0.2, 0.25) is 0 Å². The molecule has 1 unspecified atom stereocenters. The molecule has 0 aliphatic heterocycles. The third-order valence-electron chi connectivity index (χ3n) is 3.10. The third kappa shape index (κ3) is 3.83. The van der Waals surface area contributed by atoms with E-state index in [1.165, 1.54) is 5.56 Å². The van der Waals surface area contributed by atoms with Crippen LogP contribution >= 0.6 is 24.2 Å². The predicted octanol–water partition coefficient (Wildman–Crippen LogP) is 4.85. The molecule has 0 radical (unpaired) electrons. The Morgan fingerprint density at radius 1 is 1.39 bits per heavy atom. The molecule has 0 fully saturated rings. The summed E-state index contributed by atoms with van der Waals surface area (Å²) in [6.07, 6.45) is 1.98. The highest BCUT2D eigenvalue weighted by atomic mass is 35.5. The molecule has 0 saturated heterocycles. The smallest absolute Gasteiger partial charge is 0.123 e. The molecule has 0 amide bonds. The molecule has 0 N–H and O–H groups in total. The second-order valence-electron chi connectivity index (χ2n) is 4.95. The molecular weight excluding hydrogens is 264 g/mol. The third-order valence-corrected chi connectivity index (χ3v) is 4.30. The van der Waals surface area contributed by atoms with E-state index in [2.05, 4.69) is 39.5 Å². The second-order valence-corrected chi connectivity index (χ2v) is 5.69. The van der Waals surface area contributed by atoms with Gasteiger partial charge >= 0.3 is 0 Å². The summed E-state index contributed by atoms with van der Waals surface area (Å²) in [6.45, 7) is 9.17. The Labute approximate surface area is 121 Å². The number of aryl methyl sites for hydroxylation is 1. The molecule has 0 aromatic heterocycles. The Morgan fingerprint density at radius 3 is 2.61 bits per heavy atom. The average molecular weight is 287 g/mol. The van der Waals surface area contributed by atoms with Crippen molar-refractivity contribution < 1.29 is 4.74 Å². The van der Waals surface area contributed by atoms with Gasteiger partial charge in [-0.1, -0.05) is 25.4 Å². The van der Waals surface area contributed by atoms with Crippen LogP contribution in [0.1, 0.15) is 37.0 Å². The largest absolute Gasteiger partial charge is 0.493 e. The lowest BCUT2D eigenvalue weighted by atomic mass is 9.96. The van der Waals surface area contributed by atoms with Crippen molar-refractivity contribution in [1.82, 2.24) is 0 Å². The van der Waals surface area contributed by atoms with E-state index >= 15 is 0 Å². The van der Waals surface area contributed by atoms with Crippen molar-refractivity contribution in [3.05, 3.63) is 27.8 Å². The first kappa shape index (κ1) is 15.7. The first-order valence-electron chi connectivity index (χ1n) is 6.53. The molecule has 0 saturated carbocycles. The first-order chi connectivity index (χ1) is 8.51. The summed E-state index contributed by atoms with van der Waals surface area (Å²) in [7, 11) is 0. The SMILES string of the molecule is CCCOc1cc(C)c(Cl)c(C)c1CC(C)CS. The number of ether oxygens (including phenoxy) is 1. The lowest BCUT2D eigenvalue weighted by Crippen LogP contribution is -2.07. The molecule has 1 atom stereocenters. The summed E-state index contributed by atoms with van der Waals surface area (Å²) in [4.78, 5) is 0. The minimum Gasteiger partial charge on any atom is -0.493 e. The van der Waals surface area contributed by atoms with Crippen molar-refractivity contribution in [3.63, 3.8) is 0 Å². The average Bonchev–Trinajstić information content (AvgIpc) is 2.37. The fourth-order valence-corrected chi connectivity index (χ4v) is 2.27. The van der Waals surface area contributed by atoms with Gasteiger partial charge < -0.3 is 4.74 Å². The van der Waals surface area contributed by atoms with Crippen molar-refractivity contribution in [1.29, 1.82) is 0 Å². The number of halogens is 1. The van der Waals surface area contributed by atoms with Crippen molar-refractivity contribution in [2.45, 2.75) is 40.5 Å². The van der Waals surface area contributed by atoms with E-state index in [-0.39, 0.29) is 0 Å². The van der Waals surface area contributed by atoms with Gasteiger partial charge in [0.25, 0.3) is 0 Å². The number of thiol groups is 1. The van der Waals surface area contributed by atoms with E-state index in [9.17, 15) is 0 Å². The molecule has 3 heteroatoms. The van der Waals surface area contributed by atoms with Gasteiger partial charge in [-0.2, -0.15) is 12.6 Å². The normalized spacial score (nSPS) is 12.6. The summed E-state index contributed by atoms with van der Waals surface area (Å²) in [6, 6.07) is 2.06. The monoisotopic (exact) mass is 286 g/mol. The summed E-state index contributed by atoms with van der Waals surface area (Å²) in [5.74, 6) is 2.39. The maximum atomic E-state index is 6.34. The van der Waals surface area contributed by atoms with E-state index in [4.69, 9.17) is 16.3 Å². The fraction of sp³-hybridized carbons (Fsp3) is 0.600. The summed E-state index contributed by atoms with van der Waals surface area (Å²) in [5, 5.41) is 0.861. The van der Waals surface area contributed by atoms with Crippen LogP contribution in [0.3, 0.4) is 0 Å². The minimum atomic E-state index is 0.523. The molecule has 1 rings (SSSR count). The molecular formula is C15H23ClOS. The number of rotatable bonds is 6. The van der Waals surface area contributed by atoms with E-state index in [0.29, 0.717) is 5.92 Å². The Kier molecular flexibility index (Phi) is 6.37. The van der Waals surface area contributed by atoms with Crippen LogP contribution < -0.4 is 4.74 Å². The fourth-order valence-electron chi connectivity index (χ4n) is 1.97. The predicted molar refractivity (Wildman–Crippen MR) is 83.4 cm³/mol. The minimum absolute atomic E-state index is 0.523.